The molecular weight excluding hydrogens is 484 g/mol. The van der Waals surface area contributed by atoms with Crippen LogP contribution in [0.3, 0.4) is 0 Å². The maximum atomic E-state index is 14.5. The minimum Gasteiger partial charge on any atom is -0.286 e. The molecule has 1 aliphatic rings. The molecule has 0 N–H and O–H groups in total. The molecule has 0 amide bonds. The average Bonchev–Trinajstić information content (AvgIpc) is 2.86. The van der Waals surface area contributed by atoms with Crippen molar-refractivity contribution >= 4 is 11.0 Å². The van der Waals surface area contributed by atoms with Crippen LogP contribution in [0.5, 0.6) is 0 Å². The number of nitrogens with zero attached hydrogens (tertiary/aromatic N) is 4. The van der Waals surface area contributed by atoms with Gasteiger partial charge in [0.1, 0.15) is 17.3 Å². The number of pyridine rings is 2. The van der Waals surface area contributed by atoms with Gasteiger partial charge in [0.2, 0.25) is 0 Å². The van der Waals surface area contributed by atoms with Gasteiger partial charge in [-0.05, 0) is 86.8 Å². The van der Waals surface area contributed by atoms with E-state index in [9.17, 15) is 22.4 Å². The standard InChI is InChI=1S/C28H26F4N4O/c1-16-5-3-7-23(29)25(16)19-10-8-18(9-11-19)21-13-20-14-34-17(2)35-26(20)36(27(21)37)15-24-22(28(30,31)32)6-4-12-33-24/h3-7,12-14,18-19H,8-11,15H2,1-2H3. The number of fused-ring (bicyclic) bond motifs is 1. The zero-order valence-corrected chi connectivity index (χ0v) is 20.5. The molecule has 0 aliphatic heterocycles. The number of hydrogen-bond donors (Lipinski definition) is 0. The Labute approximate surface area is 211 Å². The Bertz CT molecular complexity index is 1500. The van der Waals surface area contributed by atoms with Crippen molar-refractivity contribution in [2.45, 2.75) is 64.1 Å². The summed E-state index contributed by atoms with van der Waals surface area (Å²) in [6.45, 7) is 3.20. The number of alkyl halides is 3. The van der Waals surface area contributed by atoms with Crippen LogP contribution >= 0.6 is 0 Å². The number of halogens is 4. The van der Waals surface area contributed by atoms with Crippen LogP contribution in [0.15, 0.2) is 53.6 Å². The van der Waals surface area contributed by atoms with Gasteiger partial charge >= 0.3 is 6.18 Å². The van der Waals surface area contributed by atoms with Crippen molar-refractivity contribution < 1.29 is 17.6 Å². The van der Waals surface area contributed by atoms with Gasteiger partial charge in [-0.15, -0.1) is 0 Å². The fourth-order valence-electron chi connectivity index (χ4n) is 5.53. The van der Waals surface area contributed by atoms with Gasteiger partial charge in [0, 0.05) is 23.3 Å². The molecule has 5 rings (SSSR count). The third-order valence-corrected chi connectivity index (χ3v) is 7.32. The minimum absolute atomic E-state index is 0.0639. The van der Waals surface area contributed by atoms with Crippen LogP contribution in [0.25, 0.3) is 11.0 Å². The second kappa shape index (κ2) is 9.68. The molecule has 0 spiro atoms. The van der Waals surface area contributed by atoms with Gasteiger partial charge in [0.25, 0.3) is 5.56 Å². The topological polar surface area (TPSA) is 60.7 Å². The lowest BCUT2D eigenvalue weighted by Crippen LogP contribution is -2.29. The van der Waals surface area contributed by atoms with Gasteiger partial charge in [-0.2, -0.15) is 13.2 Å². The predicted octanol–water partition coefficient (Wildman–Crippen LogP) is 6.45. The molecular formula is C28H26F4N4O. The van der Waals surface area contributed by atoms with Crippen molar-refractivity contribution in [3.8, 4) is 0 Å². The van der Waals surface area contributed by atoms with Crippen molar-refractivity contribution in [3.63, 3.8) is 0 Å². The molecule has 1 fully saturated rings. The molecule has 1 saturated carbocycles. The first-order valence-electron chi connectivity index (χ1n) is 12.3. The summed E-state index contributed by atoms with van der Waals surface area (Å²) in [5, 5.41) is 0.580. The van der Waals surface area contributed by atoms with Crippen LogP contribution in [0.2, 0.25) is 0 Å². The molecule has 5 nitrogen and oxygen atoms in total. The van der Waals surface area contributed by atoms with E-state index in [0.29, 0.717) is 42.5 Å². The van der Waals surface area contributed by atoms with Gasteiger partial charge in [-0.1, -0.05) is 12.1 Å². The highest BCUT2D eigenvalue weighted by molar-refractivity contribution is 5.75. The van der Waals surface area contributed by atoms with E-state index in [4.69, 9.17) is 0 Å². The largest absolute Gasteiger partial charge is 0.418 e. The first-order chi connectivity index (χ1) is 17.6. The smallest absolute Gasteiger partial charge is 0.286 e. The summed E-state index contributed by atoms with van der Waals surface area (Å²) in [5.74, 6) is 0.165. The van der Waals surface area contributed by atoms with Crippen molar-refractivity contribution in [1.82, 2.24) is 19.5 Å². The lowest BCUT2D eigenvalue weighted by Gasteiger charge is -2.30. The SMILES string of the molecule is Cc1ncc2cc(C3CCC(c4c(C)cccc4F)CC3)c(=O)n(Cc3ncccc3C(F)(F)F)c2n1. The van der Waals surface area contributed by atoms with Crippen LogP contribution in [0.1, 0.15) is 71.3 Å². The predicted molar refractivity (Wildman–Crippen MR) is 132 cm³/mol. The van der Waals surface area contributed by atoms with Crippen molar-refractivity contribution in [1.29, 1.82) is 0 Å². The van der Waals surface area contributed by atoms with E-state index in [0.717, 1.165) is 17.2 Å². The van der Waals surface area contributed by atoms with E-state index in [1.807, 2.05) is 13.0 Å². The monoisotopic (exact) mass is 510 g/mol. The molecule has 192 valence electrons. The fraction of sp³-hybridized carbons (Fsp3) is 0.357. The van der Waals surface area contributed by atoms with Gasteiger partial charge in [0.05, 0.1) is 17.8 Å². The Morgan fingerprint density at radius 2 is 1.73 bits per heavy atom. The Balaban J connectivity index is 1.53. The van der Waals surface area contributed by atoms with E-state index in [1.54, 1.807) is 25.3 Å². The van der Waals surface area contributed by atoms with Crippen LogP contribution in [0, 0.1) is 19.7 Å². The van der Waals surface area contributed by atoms with Crippen LogP contribution in [-0.4, -0.2) is 19.5 Å². The quantitative estimate of drug-likeness (QED) is 0.296. The van der Waals surface area contributed by atoms with E-state index < -0.39 is 11.7 Å². The zero-order valence-electron chi connectivity index (χ0n) is 20.5. The van der Waals surface area contributed by atoms with Crippen molar-refractivity contribution in [2.24, 2.45) is 0 Å². The molecule has 3 aromatic heterocycles. The molecule has 0 radical (unpaired) electrons. The maximum Gasteiger partial charge on any atom is 0.418 e. The maximum absolute atomic E-state index is 14.5. The summed E-state index contributed by atoms with van der Waals surface area (Å²) in [7, 11) is 0. The lowest BCUT2D eigenvalue weighted by molar-refractivity contribution is -0.138. The second-order valence-electron chi connectivity index (χ2n) is 9.70. The van der Waals surface area contributed by atoms with Crippen molar-refractivity contribution in [3.05, 3.63) is 98.7 Å². The second-order valence-corrected chi connectivity index (χ2v) is 9.70. The summed E-state index contributed by atoms with van der Waals surface area (Å²) in [4.78, 5) is 26.3. The molecule has 1 aromatic carbocycles. The van der Waals surface area contributed by atoms with Gasteiger partial charge in [-0.3, -0.25) is 14.3 Å². The van der Waals surface area contributed by atoms with E-state index in [2.05, 4.69) is 15.0 Å². The molecule has 1 aliphatic carbocycles. The summed E-state index contributed by atoms with van der Waals surface area (Å²) < 4.78 is 56.8. The van der Waals surface area contributed by atoms with Gasteiger partial charge in [0.15, 0.2) is 0 Å². The molecule has 3 heterocycles. The lowest BCUT2D eigenvalue weighted by atomic mass is 9.75. The molecule has 0 atom stereocenters. The Morgan fingerprint density at radius 3 is 2.43 bits per heavy atom. The minimum atomic E-state index is -4.60. The first-order valence-corrected chi connectivity index (χ1v) is 12.3. The first kappa shape index (κ1) is 25.0. The molecule has 4 aromatic rings. The number of aryl methyl sites for hydroxylation is 2. The van der Waals surface area contributed by atoms with Crippen molar-refractivity contribution in [2.75, 3.05) is 0 Å². The highest BCUT2D eigenvalue weighted by Crippen LogP contribution is 2.42. The average molecular weight is 511 g/mol. The number of benzene rings is 1. The molecule has 0 saturated heterocycles. The van der Waals surface area contributed by atoms with Gasteiger partial charge < -0.3 is 0 Å². The Morgan fingerprint density at radius 1 is 1.00 bits per heavy atom. The highest BCUT2D eigenvalue weighted by atomic mass is 19.4. The molecule has 0 bridgehead atoms. The number of hydrogen-bond acceptors (Lipinski definition) is 4. The molecule has 9 heteroatoms. The van der Waals surface area contributed by atoms with E-state index >= 15 is 0 Å². The van der Waals surface area contributed by atoms with Crippen LogP contribution in [-0.2, 0) is 12.7 Å². The zero-order chi connectivity index (χ0) is 26.3. The number of rotatable bonds is 4. The summed E-state index contributed by atoms with van der Waals surface area (Å²) in [6, 6.07) is 9.03. The van der Waals surface area contributed by atoms with Gasteiger partial charge in [-0.25, -0.2) is 14.4 Å². The third kappa shape index (κ3) is 4.86. The molecule has 37 heavy (non-hydrogen) atoms. The Hall–Kier alpha value is -3.62. The molecule has 0 unspecified atom stereocenters. The van der Waals surface area contributed by atoms with E-state index in [1.165, 1.54) is 22.9 Å². The van der Waals surface area contributed by atoms with E-state index in [-0.39, 0.29) is 41.1 Å². The van der Waals surface area contributed by atoms with Crippen LogP contribution in [0.4, 0.5) is 17.6 Å². The summed E-state index contributed by atoms with van der Waals surface area (Å²) >= 11 is 0. The highest BCUT2D eigenvalue weighted by Gasteiger charge is 2.34. The van der Waals surface area contributed by atoms with Crippen LogP contribution < -0.4 is 5.56 Å². The third-order valence-electron chi connectivity index (χ3n) is 7.32. The summed E-state index contributed by atoms with van der Waals surface area (Å²) in [5.41, 5.74) is 0.937. The normalized spacial score (nSPS) is 18.3. The number of aromatic nitrogens is 4. The Kier molecular flexibility index (Phi) is 6.56. The fourth-order valence-corrected chi connectivity index (χ4v) is 5.53. The summed E-state index contributed by atoms with van der Waals surface area (Å²) in [6.07, 6.45) is 1.04.